The van der Waals surface area contributed by atoms with Crippen molar-refractivity contribution in [2.45, 2.75) is 39.7 Å². The van der Waals surface area contributed by atoms with Gasteiger partial charge in [0, 0.05) is 12.1 Å². The summed E-state index contributed by atoms with van der Waals surface area (Å²) < 4.78 is 1.67. The van der Waals surface area contributed by atoms with Crippen LogP contribution in [0.3, 0.4) is 0 Å². The highest BCUT2D eigenvalue weighted by molar-refractivity contribution is 6.07. The van der Waals surface area contributed by atoms with Crippen molar-refractivity contribution in [3.05, 3.63) is 47.3 Å². The minimum absolute atomic E-state index is 0.0197. The van der Waals surface area contributed by atoms with Crippen LogP contribution in [0.5, 0.6) is 0 Å². The van der Waals surface area contributed by atoms with Gasteiger partial charge in [-0.05, 0) is 17.9 Å². The van der Waals surface area contributed by atoms with Gasteiger partial charge in [-0.25, -0.2) is 4.68 Å². The number of carbonyl (C=O) groups is 1. The fraction of sp³-hybridized carbons (Fsp3) is 0.400. The summed E-state index contributed by atoms with van der Waals surface area (Å²) in [7, 11) is 0. The predicted molar refractivity (Wildman–Crippen MR) is 74.3 cm³/mol. The third-order valence-corrected chi connectivity index (χ3v) is 3.13. The monoisotopic (exact) mass is 257 g/mol. The van der Waals surface area contributed by atoms with Gasteiger partial charge in [-0.3, -0.25) is 4.79 Å². The van der Waals surface area contributed by atoms with Crippen molar-refractivity contribution in [1.29, 1.82) is 0 Å². The number of aromatic nitrogens is 3. The molecule has 0 fully saturated rings. The van der Waals surface area contributed by atoms with E-state index < -0.39 is 0 Å². The van der Waals surface area contributed by atoms with Gasteiger partial charge in [0.25, 0.3) is 0 Å². The Morgan fingerprint density at radius 2 is 1.95 bits per heavy atom. The van der Waals surface area contributed by atoms with E-state index in [0.717, 1.165) is 6.42 Å². The van der Waals surface area contributed by atoms with Crippen molar-refractivity contribution in [2.24, 2.45) is 0 Å². The van der Waals surface area contributed by atoms with Crippen LogP contribution >= 0.6 is 0 Å². The number of carbonyl (C=O) groups excluding carboxylic acids is 1. The molecule has 0 saturated heterocycles. The normalized spacial score (nSPS) is 10.9. The first-order valence-corrected chi connectivity index (χ1v) is 6.66. The number of benzene rings is 1. The second-order valence-electron chi connectivity index (χ2n) is 4.95. The molecule has 0 aliphatic heterocycles. The van der Waals surface area contributed by atoms with Crippen LogP contribution in [0.2, 0.25) is 0 Å². The average molecular weight is 257 g/mol. The lowest BCUT2D eigenvalue weighted by Crippen LogP contribution is -2.11. The quantitative estimate of drug-likeness (QED) is 0.773. The molecular weight excluding hydrogens is 238 g/mol. The summed E-state index contributed by atoms with van der Waals surface area (Å²) in [5, 5.41) is 7.77. The van der Waals surface area contributed by atoms with Gasteiger partial charge in [-0.1, -0.05) is 50.3 Å². The Hall–Kier alpha value is -1.97. The molecule has 2 aromatic rings. The fourth-order valence-corrected chi connectivity index (χ4v) is 1.98. The summed E-state index contributed by atoms with van der Waals surface area (Å²) in [4.78, 5) is 12.4. The van der Waals surface area contributed by atoms with Crippen molar-refractivity contribution >= 4 is 5.78 Å². The Morgan fingerprint density at radius 3 is 2.53 bits per heavy atom. The van der Waals surface area contributed by atoms with Gasteiger partial charge < -0.3 is 0 Å². The molecule has 0 unspecified atom stereocenters. The average Bonchev–Trinajstić information content (AvgIpc) is 2.87. The number of nitrogens with zero attached hydrogens (tertiary/aromatic N) is 3. The zero-order chi connectivity index (χ0) is 13.8. The molecule has 19 heavy (non-hydrogen) atoms. The largest absolute Gasteiger partial charge is 0.287 e. The zero-order valence-electron chi connectivity index (χ0n) is 11.6. The van der Waals surface area contributed by atoms with Crippen LogP contribution in [0.15, 0.2) is 30.5 Å². The fourth-order valence-electron chi connectivity index (χ4n) is 1.98. The molecule has 0 aliphatic carbocycles. The van der Waals surface area contributed by atoms with E-state index in [4.69, 9.17) is 0 Å². The third-order valence-electron chi connectivity index (χ3n) is 3.13. The van der Waals surface area contributed by atoms with E-state index in [-0.39, 0.29) is 5.78 Å². The molecule has 1 aromatic heterocycles. The van der Waals surface area contributed by atoms with E-state index in [1.165, 1.54) is 11.8 Å². The van der Waals surface area contributed by atoms with Gasteiger partial charge >= 0.3 is 0 Å². The minimum Gasteiger partial charge on any atom is -0.287 e. The maximum absolute atomic E-state index is 12.4. The Morgan fingerprint density at radius 1 is 1.26 bits per heavy atom. The van der Waals surface area contributed by atoms with E-state index in [9.17, 15) is 4.79 Å². The first-order valence-electron chi connectivity index (χ1n) is 6.66. The standard InChI is InChI=1S/C15H19N3O/c1-4-9-18-14(10-16-17-18)15(19)13-7-5-12(6-8-13)11(2)3/h5-8,10-11H,4,9H2,1-3H3. The Labute approximate surface area is 113 Å². The zero-order valence-corrected chi connectivity index (χ0v) is 11.6. The van der Waals surface area contributed by atoms with E-state index >= 15 is 0 Å². The topological polar surface area (TPSA) is 47.8 Å². The lowest BCUT2D eigenvalue weighted by atomic mass is 10.00. The van der Waals surface area contributed by atoms with Crippen molar-refractivity contribution in [3.8, 4) is 0 Å². The predicted octanol–water partition coefficient (Wildman–Crippen LogP) is 3.04. The molecule has 0 amide bonds. The second kappa shape index (κ2) is 5.78. The third kappa shape index (κ3) is 2.89. The van der Waals surface area contributed by atoms with Crippen LogP contribution in [-0.2, 0) is 6.54 Å². The molecule has 100 valence electrons. The van der Waals surface area contributed by atoms with Crippen LogP contribution in [0.1, 0.15) is 54.7 Å². The highest BCUT2D eigenvalue weighted by atomic mass is 16.1. The van der Waals surface area contributed by atoms with Crippen LogP contribution in [0, 0.1) is 0 Å². The molecule has 2 rings (SSSR count). The van der Waals surface area contributed by atoms with E-state index in [2.05, 4.69) is 24.2 Å². The van der Waals surface area contributed by atoms with Gasteiger partial charge in [0.15, 0.2) is 0 Å². The maximum Gasteiger partial charge on any atom is 0.212 e. The smallest absolute Gasteiger partial charge is 0.212 e. The highest BCUT2D eigenvalue weighted by Gasteiger charge is 2.15. The Bertz CT molecular complexity index is 555. The van der Waals surface area contributed by atoms with Gasteiger partial charge in [0.05, 0.1) is 6.20 Å². The summed E-state index contributed by atoms with van der Waals surface area (Å²) in [5.74, 6) is 0.449. The molecule has 0 saturated carbocycles. The summed E-state index contributed by atoms with van der Waals surface area (Å²) in [6, 6.07) is 7.76. The van der Waals surface area contributed by atoms with Crippen LogP contribution in [0.4, 0.5) is 0 Å². The van der Waals surface area contributed by atoms with Gasteiger partial charge in [-0.15, -0.1) is 5.10 Å². The number of rotatable bonds is 5. The number of hydrogen-bond acceptors (Lipinski definition) is 3. The summed E-state index contributed by atoms with van der Waals surface area (Å²) in [6.45, 7) is 7.03. The minimum atomic E-state index is -0.0197. The number of ketones is 1. The first kappa shape index (κ1) is 13.5. The second-order valence-corrected chi connectivity index (χ2v) is 4.95. The summed E-state index contributed by atoms with van der Waals surface area (Å²) >= 11 is 0. The lowest BCUT2D eigenvalue weighted by molar-refractivity contribution is 0.102. The van der Waals surface area contributed by atoms with Gasteiger partial charge in [-0.2, -0.15) is 0 Å². The molecule has 1 aromatic carbocycles. The van der Waals surface area contributed by atoms with Crippen molar-refractivity contribution in [2.75, 3.05) is 0 Å². The van der Waals surface area contributed by atoms with E-state index in [1.54, 1.807) is 4.68 Å². The molecular formula is C15H19N3O. The molecule has 0 aliphatic rings. The molecule has 0 radical (unpaired) electrons. The lowest BCUT2D eigenvalue weighted by Gasteiger charge is -2.07. The van der Waals surface area contributed by atoms with Crippen molar-refractivity contribution < 1.29 is 4.79 Å². The molecule has 4 heteroatoms. The van der Waals surface area contributed by atoms with Crippen LogP contribution in [0.25, 0.3) is 0 Å². The highest BCUT2D eigenvalue weighted by Crippen LogP contribution is 2.16. The molecule has 0 spiro atoms. The first-order chi connectivity index (χ1) is 9.13. The van der Waals surface area contributed by atoms with Crippen LogP contribution in [-0.4, -0.2) is 20.8 Å². The molecule has 0 atom stereocenters. The summed E-state index contributed by atoms with van der Waals surface area (Å²) in [5.41, 5.74) is 2.47. The van der Waals surface area contributed by atoms with Crippen LogP contribution < -0.4 is 0 Å². The summed E-state index contributed by atoms with van der Waals surface area (Å²) in [6.07, 6.45) is 2.46. The molecule has 1 heterocycles. The van der Waals surface area contributed by atoms with E-state index in [1.807, 2.05) is 31.2 Å². The SMILES string of the molecule is CCCn1nncc1C(=O)c1ccc(C(C)C)cc1. The maximum atomic E-state index is 12.4. The number of aryl methyl sites for hydroxylation is 1. The molecule has 0 N–H and O–H groups in total. The van der Waals surface area contributed by atoms with Crippen molar-refractivity contribution in [3.63, 3.8) is 0 Å². The number of hydrogen-bond donors (Lipinski definition) is 0. The van der Waals surface area contributed by atoms with E-state index in [0.29, 0.717) is 23.7 Å². The Kier molecular flexibility index (Phi) is 4.10. The molecule has 0 bridgehead atoms. The van der Waals surface area contributed by atoms with Gasteiger partial charge in [0.1, 0.15) is 5.69 Å². The van der Waals surface area contributed by atoms with Crippen molar-refractivity contribution in [1.82, 2.24) is 15.0 Å². The molecule has 4 nitrogen and oxygen atoms in total. The Balaban J connectivity index is 2.26. The van der Waals surface area contributed by atoms with Gasteiger partial charge in [0.2, 0.25) is 5.78 Å².